The van der Waals surface area contributed by atoms with Crippen LogP contribution in [-0.2, 0) is 0 Å². The van der Waals surface area contributed by atoms with Gasteiger partial charge in [0, 0.05) is 30.0 Å². The van der Waals surface area contributed by atoms with Crippen molar-refractivity contribution in [3.8, 4) is 10.6 Å². The molecule has 0 bridgehead atoms. The lowest BCUT2D eigenvalue weighted by Crippen LogP contribution is -2.35. The van der Waals surface area contributed by atoms with Crippen LogP contribution in [0.4, 0.5) is 11.8 Å². The molecule has 7 rings (SSSR count). The van der Waals surface area contributed by atoms with Crippen LogP contribution in [-0.4, -0.2) is 60.1 Å². The number of hydrogen-bond donors (Lipinski definition) is 5. The molecule has 11 heteroatoms. The van der Waals surface area contributed by atoms with E-state index in [1.807, 2.05) is 56.4 Å². The second-order valence-corrected chi connectivity index (χ2v) is 12.2. The Morgan fingerprint density at radius 1 is 1.10 bits per heavy atom. The van der Waals surface area contributed by atoms with E-state index in [1.54, 1.807) is 11.3 Å². The van der Waals surface area contributed by atoms with Crippen molar-refractivity contribution in [2.75, 3.05) is 17.2 Å². The third kappa shape index (κ3) is 4.82. The number of nitrogens with one attached hydrogen (secondary N) is 2. The summed E-state index contributed by atoms with van der Waals surface area (Å²) >= 11 is 1.56. The van der Waals surface area contributed by atoms with Crippen molar-refractivity contribution >= 4 is 44.3 Å². The van der Waals surface area contributed by atoms with E-state index in [9.17, 15) is 15.3 Å². The van der Waals surface area contributed by atoms with Gasteiger partial charge in [0.2, 0.25) is 5.95 Å². The molecule has 0 aliphatic heterocycles. The molecular weight excluding hydrogens is 540 g/mol. The van der Waals surface area contributed by atoms with E-state index < -0.39 is 24.2 Å². The van der Waals surface area contributed by atoms with Crippen molar-refractivity contribution in [3.63, 3.8) is 0 Å². The van der Waals surface area contributed by atoms with E-state index >= 15 is 0 Å². The number of pyridine rings is 1. The number of aryl methyl sites for hydroxylation is 1. The summed E-state index contributed by atoms with van der Waals surface area (Å²) < 4.78 is 7.11. The molecule has 41 heavy (non-hydrogen) atoms. The number of furan rings is 1. The lowest BCUT2D eigenvalue weighted by atomic mass is 10.1. The number of thiazole rings is 1. The molecule has 212 valence electrons. The van der Waals surface area contributed by atoms with Gasteiger partial charge in [-0.3, -0.25) is 4.98 Å². The quantitative estimate of drug-likeness (QED) is 0.176. The van der Waals surface area contributed by atoms with Gasteiger partial charge in [0.25, 0.3) is 0 Å². The number of fused-ring (bicyclic) bond motifs is 2. The molecule has 2 aliphatic carbocycles. The van der Waals surface area contributed by atoms with Gasteiger partial charge in [0.15, 0.2) is 0 Å². The number of aromatic nitrogens is 4. The lowest BCUT2D eigenvalue weighted by molar-refractivity contribution is 0.00446. The highest BCUT2D eigenvalue weighted by molar-refractivity contribution is 7.21. The van der Waals surface area contributed by atoms with E-state index in [2.05, 4.69) is 15.6 Å². The molecule has 2 saturated carbocycles. The van der Waals surface area contributed by atoms with Gasteiger partial charge >= 0.3 is 0 Å². The Morgan fingerprint density at radius 3 is 2.68 bits per heavy atom. The Kier molecular flexibility index (Phi) is 6.61. The molecule has 0 spiro atoms. The monoisotopic (exact) mass is 572 g/mol. The number of aliphatic hydroxyl groups excluding tert-OH is 3. The minimum atomic E-state index is -1.05. The van der Waals surface area contributed by atoms with Gasteiger partial charge in [0.1, 0.15) is 33.8 Å². The average Bonchev–Trinajstić information content (AvgIpc) is 3.46. The maximum atomic E-state index is 10.8. The zero-order valence-electron chi connectivity index (χ0n) is 22.8. The Hall–Kier alpha value is -3.64. The average molecular weight is 573 g/mol. The topological polar surface area (TPSA) is 149 Å². The molecule has 5 N–H and O–H groups in total. The summed E-state index contributed by atoms with van der Waals surface area (Å²) in [4.78, 5) is 19.3. The van der Waals surface area contributed by atoms with Gasteiger partial charge in [-0.15, -0.1) is 11.3 Å². The molecule has 0 amide bonds. The summed E-state index contributed by atoms with van der Waals surface area (Å²) in [7, 11) is 0. The molecule has 4 aromatic heterocycles. The van der Waals surface area contributed by atoms with Crippen LogP contribution in [0.5, 0.6) is 0 Å². The number of aliphatic hydroxyl groups is 3. The molecule has 0 radical (unpaired) electrons. The Balaban J connectivity index is 1.27. The van der Waals surface area contributed by atoms with Crippen LogP contribution in [0.1, 0.15) is 55.3 Å². The first kappa shape index (κ1) is 26.3. The van der Waals surface area contributed by atoms with E-state index in [4.69, 9.17) is 19.4 Å². The zero-order chi connectivity index (χ0) is 28.2. The molecule has 5 aromatic rings. The standard InChI is InChI=1S/C30H32N6O4S/c1-14(21-12-17-5-3-4-6-20(17)40-21)32-30-33-15(2)23(28(36-30)34-19-11-18(13-37)26(38)27(19)39)29-35-25-22(41-29)9-10-31-24(25)16-7-8-16/h3-6,9-10,12,14,16,18-19,26-27,37-39H,7-8,11,13H2,1-2H3,(H2,32,33,34,36)/t14-,18-,19-,26-,27+/m1/s1. The van der Waals surface area contributed by atoms with Gasteiger partial charge < -0.3 is 30.4 Å². The maximum Gasteiger partial charge on any atom is 0.225 e. The van der Waals surface area contributed by atoms with Crippen molar-refractivity contribution in [2.45, 2.75) is 63.3 Å². The van der Waals surface area contributed by atoms with E-state index in [-0.39, 0.29) is 12.6 Å². The van der Waals surface area contributed by atoms with Crippen molar-refractivity contribution in [1.82, 2.24) is 19.9 Å². The third-order valence-electron chi connectivity index (χ3n) is 8.18. The van der Waals surface area contributed by atoms with E-state index in [0.717, 1.165) is 56.1 Å². The van der Waals surface area contributed by atoms with Crippen LogP contribution in [0.25, 0.3) is 31.8 Å². The molecule has 0 unspecified atom stereocenters. The van der Waals surface area contributed by atoms with Gasteiger partial charge in [-0.1, -0.05) is 18.2 Å². The second kappa shape index (κ2) is 10.3. The first-order chi connectivity index (χ1) is 19.9. The largest absolute Gasteiger partial charge is 0.459 e. The first-order valence-electron chi connectivity index (χ1n) is 14.0. The van der Waals surface area contributed by atoms with Gasteiger partial charge in [0.05, 0.1) is 39.8 Å². The second-order valence-electron chi connectivity index (χ2n) is 11.2. The normalized spacial score (nSPS) is 23.3. The molecule has 2 aliphatic rings. The predicted octanol–water partition coefficient (Wildman–Crippen LogP) is 4.77. The van der Waals surface area contributed by atoms with Crippen LogP contribution in [0.2, 0.25) is 0 Å². The summed E-state index contributed by atoms with van der Waals surface area (Å²) in [6, 6.07) is 11.1. The number of nitrogens with zero attached hydrogens (tertiary/aromatic N) is 4. The number of benzene rings is 1. The van der Waals surface area contributed by atoms with Gasteiger partial charge in [-0.05, 0) is 51.3 Å². The fourth-order valence-corrected chi connectivity index (χ4v) is 6.81. The van der Waals surface area contributed by atoms with Gasteiger partial charge in [-0.25, -0.2) is 9.97 Å². The van der Waals surface area contributed by atoms with Crippen LogP contribution < -0.4 is 10.6 Å². The predicted molar refractivity (Wildman–Crippen MR) is 158 cm³/mol. The van der Waals surface area contributed by atoms with E-state index in [1.165, 1.54) is 0 Å². The molecule has 1 aromatic carbocycles. The van der Waals surface area contributed by atoms with Crippen molar-refractivity contribution in [1.29, 1.82) is 0 Å². The SMILES string of the molecule is Cc1nc(N[C@H](C)c2cc3ccccc3o2)nc(N[C@@H]2C[C@H](CO)[C@@H](O)[C@H]2O)c1-c1nc2c(C3CC3)nccc2s1. The Labute approximate surface area is 240 Å². The summed E-state index contributed by atoms with van der Waals surface area (Å²) in [5.41, 5.74) is 4.22. The minimum absolute atomic E-state index is 0.206. The minimum Gasteiger partial charge on any atom is -0.459 e. The zero-order valence-corrected chi connectivity index (χ0v) is 23.6. The van der Waals surface area contributed by atoms with E-state index in [0.29, 0.717) is 29.8 Å². The van der Waals surface area contributed by atoms with Crippen molar-refractivity contribution < 1.29 is 19.7 Å². The van der Waals surface area contributed by atoms with Gasteiger partial charge in [-0.2, -0.15) is 4.98 Å². The Bertz CT molecular complexity index is 1700. The molecule has 10 nitrogen and oxygen atoms in total. The van der Waals surface area contributed by atoms with Crippen LogP contribution >= 0.6 is 11.3 Å². The van der Waals surface area contributed by atoms with Crippen molar-refractivity contribution in [3.05, 3.63) is 59.7 Å². The molecule has 4 heterocycles. The third-order valence-corrected chi connectivity index (χ3v) is 9.22. The number of para-hydroxylation sites is 1. The van der Waals surface area contributed by atoms with Crippen LogP contribution in [0, 0.1) is 12.8 Å². The summed E-state index contributed by atoms with van der Waals surface area (Å²) in [5, 5.41) is 39.5. The summed E-state index contributed by atoms with van der Waals surface area (Å²) in [6.07, 6.45) is 2.43. The van der Waals surface area contributed by atoms with Crippen molar-refractivity contribution in [2.24, 2.45) is 5.92 Å². The highest BCUT2D eigenvalue weighted by Crippen LogP contribution is 2.44. The molecule has 2 fully saturated rings. The molecule has 5 atom stereocenters. The number of anilines is 2. The Morgan fingerprint density at radius 2 is 1.93 bits per heavy atom. The fourth-order valence-electron chi connectivity index (χ4n) is 5.74. The summed E-state index contributed by atoms with van der Waals surface area (Å²) in [5.74, 6) is 1.70. The number of hydrogen-bond acceptors (Lipinski definition) is 11. The lowest BCUT2D eigenvalue weighted by Gasteiger charge is -2.22. The molecule has 0 saturated heterocycles. The fraction of sp³-hybridized carbons (Fsp3) is 0.400. The highest BCUT2D eigenvalue weighted by Gasteiger charge is 2.41. The first-order valence-corrected chi connectivity index (χ1v) is 14.8. The maximum absolute atomic E-state index is 10.8. The summed E-state index contributed by atoms with van der Waals surface area (Å²) in [6.45, 7) is 3.70. The van der Waals surface area contributed by atoms with Crippen LogP contribution in [0.3, 0.4) is 0 Å². The number of rotatable bonds is 8. The smallest absolute Gasteiger partial charge is 0.225 e. The van der Waals surface area contributed by atoms with Crippen LogP contribution in [0.15, 0.2) is 47.0 Å². The molecular formula is C30H32N6O4S. The highest BCUT2D eigenvalue weighted by atomic mass is 32.1.